The Kier molecular flexibility index (Phi) is 6.69. The largest absolute Gasteiger partial charge is 0.496 e. The number of benzene rings is 2. The summed E-state index contributed by atoms with van der Waals surface area (Å²) in [6.45, 7) is 6.97. The molecule has 2 aliphatic heterocycles. The van der Waals surface area contributed by atoms with E-state index in [0.29, 0.717) is 28.2 Å². The van der Waals surface area contributed by atoms with E-state index in [4.69, 9.17) is 9.47 Å². The van der Waals surface area contributed by atoms with Crippen molar-refractivity contribution in [2.45, 2.75) is 51.2 Å². The fraction of sp³-hybridized carbons (Fsp3) is 0.444. The maximum absolute atomic E-state index is 13.9. The molecule has 2 fully saturated rings. The number of nitro groups is 1. The van der Waals surface area contributed by atoms with Gasteiger partial charge in [0.25, 0.3) is 5.69 Å². The number of nitrogens with zero attached hydrogens (tertiary/aromatic N) is 2. The molecule has 11 heteroatoms. The number of rotatable bonds is 7. The van der Waals surface area contributed by atoms with Crippen LogP contribution in [-0.2, 0) is 20.8 Å². The minimum Gasteiger partial charge on any atom is -0.496 e. The van der Waals surface area contributed by atoms with E-state index in [-0.39, 0.29) is 12.1 Å². The second-order valence-electron chi connectivity index (χ2n) is 10.7. The molecular formula is C27H31N3O8. The lowest BCUT2D eigenvalue weighted by Gasteiger charge is -2.35. The van der Waals surface area contributed by atoms with Crippen LogP contribution >= 0.6 is 0 Å². The van der Waals surface area contributed by atoms with Crippen LogP contribution in [0.15, 0.2) is 36.4 Å². The number of carboxylic acids is 1. The van der Waals surface area contributed by atoms with Crippen LogP contribution in [0.25, 0.3) is 0 Å². The SMILES string of the molecule is COc1ccc(C2NC(Cc3ccc([N+](=O)[O-])cc3)(C(=O)O)C3C(=O)N(C(C)(C)C)C(=O)C23)c(OC)c1C. The summed E-state index contributed by atoms with van der Waals surface area (Å²) in [4.78, 5) is 52.5. The number of methoxy groups -OCH3 is 2. The van der Waals surface area contributed by atoms with Gasteiger partial charge in [0.15, 0.2) is 0 Å². The number of hydrogen-bond acceptors (Lipinski definition) is 8. The standard InChI is InChI=1S/C27H31N3O8/c1-14-18(37-5)12-11-17(22(14)38-6)21-19-20(24(32)29(23(19)31)26(2,3)4)27(28-21,25(33)34)13-15-7-9-16(10-8-15)30(35)36/h7-12,19-21,28H,13H2,1-6H3,(H,33,34). The van der Waals surface area contributed by atoms with E-state index in [1.54, 1.807) is 39.8 Å². The highest BCUT2D eigenvalue weighted by Crippen LogP contribution is 2.53. The van der Waals surface area contributed by atoms with E-state index < -0.39 is 51.7 Å². The van der Waals surface area contributed by atoms with E-state index in [9.17, 15) is 29.6 Å². The first-order valence-corrected chi connectivity index (χ1v) is 12.1. The Hall–Kier alpha value is -3.99. The molecule has 0 aliphatic carbocycles. The van der Waals surface area contributed by atoms with Gasteiger partial charge >= 0.3 is 5.97 Å². The van der Waals surface area contributed by atoms with Crippen LogP contribution in [0.5, 0.6) is 11.5 Å². The van der Waals surface area contributed by atoms with Crippen molar-refractivity contribution in [2.75, 3.05) is 14.2 Å². The molecule has 2 aliphatic rings. The molecule has 11 nitrogen and oxygen atoms in total. The highest BCUT2D eigenvalue weighted by molar-refractivity contribution is 6.10. The summed E-state index contributed by atoms with van der Waals surface area (Å²) in [5.74, 6) is -3.60. The van der Waals surface area contributed by atoms with E-state index in [2.05, 4.69) is 5.32 Å². The topological polar surface area (TPSA) is 148 Å². The number of amides is 2. The van der Waals surface area contributed by atoms with E-state index in [0.717, 1.165) is 4.90 Å². The van der Waals surface area contributed by atoms with E-state index >= 15 is 0 Å². The van der Waals surface area contributed by atoms with Crippen LogP contribution in [0.1, 0.15) is 43.5 Å². The molecule has 4 rings (SSSR count). The van der Waals surface area contributed by atoms with Gasteiger partial charge in [0.2, 0.25) is 11.8 Å². The first-order chi connectivity index (χ1) is 17.8. The van der Waals surface area contributed by atoms with Crippen LogP contribution < -0.4 is 14.8 Å². The van der Waals surface area contributed by atoms with Crippen molar-refractivity contribution in [3.63, 3.8) is 0 Å². The van der Waals surface area contributed by atoms with Crippen molar-refractivity contribution >= 4 is 23.5 Å². The number of nitro benzene ring substituents is 1. The number of ether oxygens (including phenoxy) is 2. The summed E-state index contributed by atoms with van der Waals surface area (Å²) < 4.78 is 11.1. The second-order valence-corrected chi connectivity index (χ2v) is 10.7. The highest BCUT2D eigenvalue weighted by atomic mass is 16.6. The first-order valence-electron chi connectivity index (χ1n) is 12.1. The number of likely N-dealkylation sites (tertiary alicyclic amines) is 1. The highest BCUT2D eigenvalue weighted by Gasteiger charge is 2.69. The van der Waals surface area contributed by atoms with E-state index in [1.807, 2.05) is 0 Å². The Morgan fingerprint density at radius 2 is 1.74 bits per heavy atom. The monoisotopic (exact) mass is 525 g/mol. The summed E-state index contributed by atoms with van der Waals surface area (Å²) >= 11 is 0. The quantitative estimate of drug-likeness (QED) is 0.316. The lowest BCUT2D eigenvalue weighted by Crippen LogP contribution is -2.58. The van der Waals surface area contributed by atoms with Crippen LogP contribution in [0.4, 0.5) is 5.69 Å². The number of fused-ring (bicyclic) bond motifs is 1. The Balaban J connectivity index is 1.91. The summed E-state index contributed by atoms with van der Waals surface area (Å²) in [5, 5.41) is 24.9. The molecule has 0 saturated carbocycles. The zero-order valence-corrected chi connectivity index (χ0v) is 22.1. The minimum atomic E-state index is -1.86. The van der Waals surface area contributed by atoms with Gasteiger partial charge < -0.3 is 14.6 Å². The molecule has 4 unspecified atom stereocenters. The maximum atomic E-state index is 13.9. The third-order valence-corrected chi connectivity index (χ3v) is 7.48. The van der Waals surface area contributed by atoms with Gasteiger partial charge in [0.1, 0.15) is 17.0 Å². The van der Waals surface area contributed by atoms with Gasteiger partial charge in [-0.05, 0) is 39.3 Å². The van der Waals surface area contributed by atoms with Gasteiger partial charge in [0, 0.05) is 41.3 Å². The zero-order chi connectivity index (χ0) is 28.2. The zero-order valence-electron chi connectivity index (χ0n) is 22.1. The summed E-state index contributed by atoms with van der Waals surface area (Å²) in [7, 11) is 2.99. The maximum Gasteiger partial charge on any atom is 0.325 e. The van der Waals surface area contributed by atoms with Crippen LogP contribution in [-0.4, -0.2) is 58.0 Å². The molecule has 0 bridgehead atoms. The lowest BCUT2D eigenvalue weighted by atomic mass is 9.76. The fourth-order valence-corrected chi connectivity index (χ4v) is 5.86. The van der Waals surface area contributed by atoms with Gasteiger partial charge in [-0.1, -0.05) is 18.2 Å². The van der Waals surface area contributed by atoms with Crippen molar-refractivity contribution in [3.8, 4) is 11.5 Å². The normalized spacial score (nSPS) is 24.9. The Morgan fingerprint density at radius 1 is 1.11 bits per heavy atom. The number of aliphatic carboxylic acids is 1. The fourth-order valence-electron chi connectivity index (χ4n) is 5.86. The smallest absolute Gasteiger partial charge is 0.325 e. The molecule has 2 heterocycles. The molecule has 2 N–H and O–H groups in total. The third-order valence-electron chi connectivity index (χ3n) is 7.48. The Labute approximate surface area is 219 Å². The van der Waals surface area contributed by atoms with Crippen molar-refractivity contribution in [3.05, 3.63) is 63.2 Å². The molecule has 0 aromatic heterocycles. The summed E-state index contributed by atoms with van der Waals surface area (Å²) in [6, 6.07) is 8.06. The molecule has 38 heavy (non-hydrogen) atoms. The number of non-ortho nitro benzene ring substituents is 1. The molecular weight excluding hydrogens is 494 g/mol. The van der Waals surface area contributed by atoms with Crippen LogP contribution in [0.3, 0.4) is 0 Å². The average molecular weight is 526 g/mol. The Morgan fingerprint density at radius 3 is 2.24 bits per heavy atom. The molecule has 202 valence electrons. The molecule has 2 aromatic carbocycles. The second kappa shape index (κ2) is 9.39. The van der Waals surface area contributed by atoms with Gasteiger partial charge in [-0.15, -0.1) is 0 Å². The van der Waals surface area contributed by atoms with Crippen LogP contribution in [0.2, 0.25) is 0 Å². The van der Waals surface area contributed by atoms with Gasteiger partial charge in [-0.2, -0.15) is 0 Å². The molecule has 0 radical (unpaired) electrons. The molecule has 2 aromatic rings. The number of carbonyl (C=O) groups is 3. The Bertz CT molecular complexity index is 1320. The number of hydrogen-bond donors (Lipinski definition) is 2. The number of imide groups is 1. The van der Waals surface area contributed by atoms with Crippen molar-refractivity contribution in [2.24, 2.45) is 11.8 Å². The summed E-state index contributed by atoms with van der Waals surface area (Å²) in [5.41, 5.74) is -1.21. The van der Waals surface area contributed by atoms with Crippen molar-refractivity contribution < 1.29 is 33.9 Å². The van der Waals surface area contributed by atoms with Crippen molar-refractivity contribution in [1.29, 1.82) is 0 Å². The predicted octanol–water partition coefficient (Wildman–Crippen LogP) is 3.03. The third kappa shape index (κ3) is 4.07. The number of carboxylic acid groups (broad SMARTS) is 1. The number of nitrogens with one attached hydrogen (secondary N) is 1. The number of carbonyl (C=O) groups excluding carboxylic acids is 2. The first kappa shape index (κ1) is 27.1. The summed E-state index contributed by atoms with van der Waals surface area (Å²) in [6.07, 6.45) is -0.174. The lowest BCUT2D eigenvalue weighted by molar-refractivity contribution is -0.384. The predicted molar refractivity (Wildman–Crippen MR) is 136 cm³/mol. The molecule has 2 amide bonds. The minimum absolute atomic E-state index is 0.141. The molecule has 4 atom stereocenters. The van der Waals surface area contributed by atoms with Crippen LogP contribution in [0, 0.1) is 28.9 Å². The van der Waals surface area contributed by atoms with Gasteiger partial charge in [-0.3, -0.25) is 34.7 Å². The van der Waals surface area contributed by atoms with Gasteiger partial charge in [0.05, 0.1) is 31.0 Å². The van der Waals surface area contributed by atoms with E-state index in [1.165, 1.54) is 38.5 Å². The van der Waals surface area contributed by atoms with Gasteiger partial charge in [-0.25, -0.2) is 0 Å². The van der Waals surface area contributed by atoms with Crippen molar-refractivity contribution in [1.82, 2.24) is 10.2 Å². The average Bonchev–Trinajstić information content (AvgIpc) is 3.33. The molecule has 0 spiro atoms. The molecule has 2 saturated heterocycles.